The van der Waals surface area contributed by atoms with Crippen LogP contribution in [0.15, 0.2) is 120 Å². The molecule has 14 heteroatoms. The summed E-state index contributed by atoms with van der Waals surface area (Å²) in [6, 6.07) is 30.1. The van der Waals surface area contributed by atoms with Gasteiger partial charge < -0.3 is 34.1 Å². The zero-order valence-corrected chi connectivity index (χ0v) is 27.9. The number of hydrogen-bond donors (Lipinski definition) is 2. The number of nitrogens with one attached hydrogen (secondary N) is 1. The van der Waals surface area contributed by atoms with E-state index in [0.717, 1.165) is 28.8 Å². The molecular weight excluding hydrogens is 683 g/mol. The first-order valence-corrected chi connectivity index (χ1v) is 16.1. The van der Waals surface area contributed by atoms with Crippen LogP contribution in [-0.2, 0) is 21.2 Å². The van der Waals surface area contributed by atoms with Gasteiger partial charge in [-0.1, -0.05) is 60.7 Å². The molecule has 1 aliphatic rings. The molecule has 1 aromatic heterocycles. The summed E-state index contributed by atoms with van der Waals surface area (Å²) in [5.74, 6) is 1.20. The van der Waals surface area contributed by atoms with Gasteiger partial charge in [0.15, 0.2) is 0 Å². The first kappa shape index (κ1) is 35.9. The number of nitrogens with zero attached hydrogens (tertiary/aromatic N) is 2. The van der Waals surface area contributed by atoms with E-state index in [1.807, 2.05) is 78.9 Å². The summed E-state index contributed by atoms with van der Waals surface area (Å²) in [6.45, 7) is -0.486. The summed E-state index contributed by atoms with van der Waals surface area (Å²) in [6.07, 6.45) is -7.62. The van der Waals surface area contributed by atoms with Gasteiger partial charge >= 0.3 is 18.0 Å². The monoisotopic (exact) mass is 717 g/mol. The van der Waals surface area contributed by atoms with Gasteiger partial charge in [-0.05, 0) is 65.2 Å². The molecular formula is C38H34F3N3O8. The normalized spacial score (nSPS) is 17.3. The fourth-order valence-corrected chi connectivity index (χ4v) is 6.03. The Morgan fingerprint density at radius 2 is 1.44 bits per heavy atom. The van der Waals surface area contributed by atoms with Crippen LogP contribution in [0.4, 0.5) is 23.8 Å². The predicted octanol–water partition coefficient (Wildman–Crippen LogP) is 6.55. The molecule has 0 bridgehead atoms. The van der Waals surface area contributed by atoms with Crippen LogP contribution in [0, 0.1) is 0 Å². The number of benzene rings is 4. The number of carbonyl (C=O) groups excluding carboxylic acids is 1. The Morgan fingerprint density at radius 3 is 2.02 bits per heavy atom. The van der Waals surface area contributed by atoms with Gasteiger partial charge in [0, 0.05) is 12.6 Å². The third-order valence-electron chi connectivity index (χ3n) is 8.64. The number of aromatic nitrogens is 2. The molecule has 3 atom stereocenters. The Hall–Kier alpha value is -5.86. The van der Waals surface area contributed by atoms with Crippen LogP contribution >= 0.6 is 0 Å². The van der Waals surface area contributed by atoms with E-state index >= 15 is 0 Å². The van der Waals surface area contributed by atoms with Crippen molar-refractivity contribution >= 4 is 12.0 Å². The van der Waals surface area contributed by atoms with Gasteiger partial charge in [-0.2, -0.15) is 18.2 Å². The van der Waals surface area contributed by atoms with Crippen LogP contribution in [0.5, 0.6) is 17.2 Å². The summed E-state index contributed by atoms with van der Waals surface area (Å²) in [7, 11) is 3.17. The van der Waals surface area contributed by atoms with Crippen molar-refractivity contribution in [1.29, 1.82) is 0 Å². The van der Waals surface area contributed by atoms with E-state index in [0.29, 0.717) is 17.6 Å². The molecule has 0 radical (unpaired) electrons. The molecule has 0 saturated carbocycles. The molecule has 1 aliphatic heterocycles. The van der Waals surface area contributed by atoms with Crippen molar-refractivity contribution in [2.24, 2.45) is 0 Å². The summed E-state index contributed by atoms with van der Waals surface area (Å²) >= 11 is 0. The van der Waals surface area contributed by atoms with Gasteiger partial charge in [-0.3, -0.25) is 4.57 Å². The second kappa shape index (κ2) is 15.2. The second-order valence-electron chi connectivity index (χ2n) is 11.8. The van der Waals surface area contributed by atoms with E-state index in [-0.39, 0.29) is 18.0 Å². The molecule has 1 saturated heterocycles. The number of halogens is 3. The minimum Gasteiger partial charge on any atom is -0.497 e. The molecule has 2 heterocycles. The summed E-state index contributed by atoms with van der Waals surface area (Å²) < 4.78 is 66.8. The fraction of sp³-hybridized carbons (Fsp3) is 0.237. The molecule has 1 fully saturated rings. The van der Waals surface area contributed by atoms with Crippen molar-refractivity contribution < 1.29 is 46.8 Å². The van der Waals surface area contributed by atoms with Gasteiger partial charge in [0.2, 0.25) is 0 Å². The van der Waals surface area contributed by atoms with Crippen molar-refractivity contribution in [1.82, 2.24) is 9.55 Å². The van der Waals surface area contributed by atoms with Gasteiger partial charge in [-0.15, -0.1) is 0 Å². The number of anilines is 1. The van der Waals surface area contributed by atoms with Gasteiger partial charge in [0.25, 0.3) is 0 Å². The number of hydrogen-bond acceptors (Lipinski definition) is 10. The Balaban J connectivity index is 1.22. The standard InChI is InChI=1S/C38H34F3N3O8/c1-48-28-15-11-25(12-16-28)37(24-7-4-3-5-8-24,26-13-17-29(49-2)18-14-26)43-33-19-20-44(35(46)42-33)34-22-31(45)32(52-34)23-50-36(47)51-30-10-6-9-27(21-30)38(39,40)41/h3-21,31-32,34,45H,22-23H2,1-2H3,(H,42,43,46)/t31-,32+,34+/m0/s1. The smallest absolute Gasteiger partial charge is 0.497 e. The first-order chi connectivity index (χ1) is 25.0. The SMILES string of the molecule is COc1ccc(C(Nc2ccn([C@H]3C[C@H](O)[C@@H](COC(=O)Oc4cccc(C(F)(F)F)c4)O3)c(=O)n2)(c2ccccc2)c2ccc(OC)cc2)cc1. The largest absolute Gasteiger partial charge is 0.513 e. The van der Waals surface area contributed by atoms with Crippen LogP contribution in [-0.4, -0.2) is 53.8 Å². The highest BCUT2D eigenvalue weighted by Gasteiger charge is 2.39. The first-order valence-electron chi connectivity index (χ1n) is 16.1. The zero-order valence-electron chi connectivity index (χ0n) is 27.9. The van der Waals surface area contributed by atoms with E-state index in [1.54, 1.807) is 20.3 Å². The second-order valence-corrected chi connectivity index (χ2v) is 11.8. The summed E-state index contributed by atoms with van der Waals surface area (Å²) in [4.78, 5) is 30.1. The number of aliphatic hydroxyl groups excluding tert-OH is 1. The number of aliphatic hydroxyl groups is 1. The molecule has 0 aliphatic carbocycles. The predicted molar refractivity (Wildman–Crippen MR) is 182 cm³/mol. The maximum absolute atomic E-state index is 13.5. The van der Waals surface area contributed by atoms with Crippen LogP contribution in [0.2, 0.25) is 0 Å². The van der Waals surface area contributed by atoms with Gasteiger partial charge in [0.05, 0.1) is 25.9 Å². The lowest BCUT2D eigenvalue weighted by atomic mass is 9.77. The lowest BCUT2D eigenvalue weighted by Crippen LogP contribution is -2.39. The molecule has 5 aromatic rings. The molecule has 0 amide bonds. The average Bonchev–Trinajstić information content (AvgIpc) is 3.52. The summed E-state index contributed by atoms with van der Waals surface area (Å²) in [5.41, 5.74) is -0.217. The molecule has 0 unspecified atom stereocenters. The van der Waals surface area contributed by atoms with Crippen LogP contribution in [0.1, 0.15) is 34.9 Å². The molecule has 2 N–H and O–H groups in total. The molecule has 11 nitrogen and oxygen atoms in total. The Labute approximate surface area is 296 Å². The minimum absolute atomic E-state index is 0.0310. The maximum Gasteiger partial charge on any atom is 0.513 e. The number of methoxy groups -OCH3 is 2. The molecule has 52 heavy (non-hydrogen) atoms. The van der Waals surface area contributed by atoms with Crippen molar-refractivity contribution in [3.8, 4) is 17.2 Å². The van der Waals surface area contributed by atoms with Crippen LogP contribution in [0.25, 0.3) is 0 Å². The van der Waals surface area contributed by atoms with E-state index in [1.165, 1.54) is 16.8 Å². The fourth-order valence-electron chi connectivity index (χ4n) is 6.03. The highest BCUT2D eigenvalue weighted by Crippen LogP contribution is 2.41. The van der Waals surface area contributed by atoms with Crippen molar-refractivity contribution in [2.75, 3.05) is 26.1 Å². The van der Waals surface area contributed by atoms with Crippen molar-refractivity contribution in [3.05, 3.63) is 148 Å². The molecule has 270 valence electrons. The number of carbonyl (C=O) groups is 1. The lowest BCUT2D eigenvalue weighted by Gasteiger charge is -2.37. The molecule has 6 rings (SSSR count). The lowest BCUT2D eigenvalue weighted by molar-refractivity contribution is -0.137. The van der Waals surface area contributed by atoms with E-state index in [2.05, 4.69) is 10.3 Å². The topological polar surface area (TPSA) is 130 Å². The molecule has 4 aromatic carbocycles. The number of rotatable bonds is 11. The van der Waals surface area contributed by atoms with Crippen LogP contribution < -0.4 is 25.2 Å². The van der Waals surface area contributed by atoms with Crippen molar-refractivity contribution in [2.45, 2.75) is 36.6 Å². The highest BCUT2D eigenvalue weighted by molar-refractivity contribution is 5.64. The van der Waals surface area contributed by atoms with E-state index < -0.39 is 54.2 Å². The minimum atomic E-state index is -4.63. The van der Waals surface area contributed by atoms with E-state index in [9.17, 15) is 27.9 Å². The average molecular weight is 718 g/mol. The quantitative estimate of drug-likeness (QED) is 0.0882. The Kier molecular flexibility index (Phi) is 10.5. The third-order valence-corrected chi connectivity index (χ3v) is 8.64. The third kappa shape index (κ3) is 7.72. The highest BCUT2D eigenvalue weighted by atomic mass is 19.4. The zero-order chi connectivity index (χ0) is 36.9. The van der Waals surface area contributed by atoms with Gasteiger partial charge in [-0.25, -0.2) is 9.59 Å². The van der Waals surface area contributed by atoms with E-state index in [4.69, 9.17) is 23.7 Å². The number of ether oxygens (including phenoxy) is 5. The number of alkyl halides is 3. The summed E-state index contributed by atoms with van der Waals surface area (Å²) in [5, 5.41) is 14.2. The van der Waals surface area contributed by atoms with Crippen molar-refractivity contribution in [3.63, 3.8) is 0 Å². The Morgan fingerprint density at radius 1 is 0.846 bits per heavy atom. The molecule has 0 spiro atoms. The van der Waals surface area contributed by atoms with Crippen LogP contribution in [0.3, 0.4) is 0 Å². The maximum atomic E-state index is 13.5. The Bertz CT molecular complexity index is 1990. The van der Waals surface area contributed by atoms with Gasteiger partial charge in [0.1, 0.15) is 47.5 Å².